The fraction of sp³-hybridized carbons (Fsp3) is 0.370. The van der Waals surface area contributed by atoms with E-state index in [1.54, 1.807) is 22.9 Å². The van der Waals surface area contributed by atoms with E-state index < -0.39 is 6.03 Å². The quantitative estimate of drug-likeness (QED) is 0.374. The number of carbonyl (C=O) groups excluding carboxylic acids is 2. The standard InChI is InChI=1S/C27H34Cl2N6O2/c1-18-10-7-8-13-21(18)35-23(16-22(32-35)27(2,3)4)31-24(36)17-34(15-14-33(5)6)26(37)30-20-12-9-11-19(28)25(20)29/h7-13,16H,14-15,17H2,1-6H3,(H,30,37)(H,31,36). The second kappa shape index (κ2) is 12.0. The molecule has 10 heteroatoms. The van der Waals surface area contributed by atoms with Crippen molar-refractivity contribution in [2.75, 3.05) is 44.4 Å². The van der Waals surface area contributed by atoms with Crippen LogP contribution in [0.1, 0.15) is 32.0 Å². The van der Waals surface area contributed by atoms with Gasteiger partial charge in [0.25, 0.3) is 0 Å². The number of benzene rings is 2. The Morgan fingerprint density at radius 2 is 1.70 bits per heavy atom. The summed E-state index contributed by atoms with van der Waals surface area (Å²) in [6, 6.07) is 14.2. The summed E-state index contributed by atoms with van der Waals surface area (Å²) in [5, 5.41) is 11.1. The number of nitrogens with one attached hydrogen (secondary N) is 2. The molecular weight excluding hydrogens is 511 g/mol. The van der Waals surface area contributed by atoms with Crippen LogP contribution < -0.4 is 10.6 Å². The van der Waals surface area contributed by atoms with E-state index in [0.717, 1.165) is 16.9 Å². The third-order valence-corrected chi connectivity index (χ3v) is 6.54. The number of anilines is 2. The van der Waals surface area contributed by atoms with Gasteiger partial charge in [-0.3, -0.25) is 4.79 Å². The normalized spacial score (nSPS) is 11.5. The molecule has 0 fully saturated rings. The Morgan fingerprint density at radius 1 is 1.00 bits per heavy atom. The summed E-state index contributed by atoms with van der Waals surface area (Å²) < 4.78 is 1.74. The van der Waals surface area contributed by atoms with Crippen LogP contribution in [0.3, 0.4) is 0 Å². The third-order valence-electron chi connectivity index (χ3n) is 5.72. The minimum atomic E-state index is -0.455. The van der Waals surface area contributed by atoms with Gasteiger partial charge in [-0.05, 0) is 44.8 Å². The van der Waals surface area contributed by atoms with Crippen LogP contribution in [0.5, 0.6) is 0 Å². The zero-order valence-electron chi connectivity index (χ0n) is 22.1. The van der Waals surface area contributed by atoms with E-state index in [9.17, 15) is 9.59 Å². The maximum Gasteiger partial charge on any atom is 0.322 e. The molecule has 8 nitrogen and oxygen atoms in total. The number of carbonyl (C=O) groups is 2. The monoisotopic (exact) mass is 544 g/mol. The van der Waals surface area contributed by atoms with Crippen molar-refractivity contribution in [2.24, 2.45) is 0 Å². The Hall–Kier alpha value is -3.07. The highest BCUT2D eigenvalue weighted by atomic mass is 35.5. The first-order chi connectivity index (χ1) is 17.4. The van der Waals surface area contributed by atoms with Gasteiger partial charge in [0.1, 0.15) is 12.4 Å². The van der Waals surface area contributed by atoms with Crippen LogP contribution in [0.15, 0.2) is 48.5 Å². The Bertz CT molecular complexity index is 1270. The van der Waals surface area contributed by atoms with Crippen LogP contribution in [-0.2, 0) is 10.2 Å². The molecule has 3 rings (SSSR count). The highest BCUT2D eigenvalue weighted by Crippen LogP contribution is 2.30. The van der Waals surface area contributed by atoms with E-state index in [4.69, 9.17) is 28.3 Å². The second-order valence-electron chi connectivity index (χ2n) is 10.2. The summed E-state index contributed by atoms with van der Waals surface area (Å²) in [4.78, 5) is 29.8. The molecule has 0 saturated heterocycles. The van der Waals surface area contributed by atoms with Crippen LogP contribution in [0.25, 0.3) is 5.69 Å². The van der Waals surface area contributed by atoms with Gasteiger partial charge in [0.05, 0.1) is 27.1 Å². The Kier molecular flexibility index (Phi) is 9.23. The molecule has 3 aromatic rings. The summed E-state index contributed by atoms with van der Waals surface area (Å²) in [5.74, 6) is 0.191. The van der Waals surface area contributed by atoms with Gasteiger partial charge in [-0.1, -0.05) is 68.2 Å². The molecular formula is C27H34Cl2N6O2. The van der Waals surface area contributed by atoms with Gasteiger partial charge < -0.3 is 20.4 Å². The van der Waals surface area contributed by atoms with Gasteiger partial charge in [0.15, 0.2) is 0 Å². The van der Waals surface area contributed by atoms with Crippen LogP contribution in [0.2, 0.25) is 10.0 Å². The zero-order chi connectivity index (χ0) is 27.3. The molecule has 37 heavy (non-hydrogen) atoms. The number of amides is 3. The molecule has 0 radical (unpaired) electrons. The van der Waals surface area contributed by atoms with Gasteiger partial charge in [-0.15, -0.1) is 0 Å². The van der Waals surface area contributed by atoms with Crippen molar-refractivity contribution in [1.29, 1.82) is 0 Å². The summed E-state index contributed by atoms with van der Waals surface area (Å²) in [6.07, 6.45) is 0. The average Bonchev–Trinajstić information content (AvgIpc) is 3.23. The van der Waals surface area contributed by atoms with Crippen molar-refractivity contribution >= 4 is 46.6 Å². The van der Waals surface area contributed by atoms with Gasteiger partial charge in [-0.25, -0.2) is 9.48 Å². The topological polar surface area (TPSA) is 82.5 Å². The largest absolute Gasteiger partial charge is 0.322 e. The Morgan fingerprint density at radius 3 is 2.35 bits per heavy atom. The first-order valence-electron chi connectivity index (χ1n) is 12.0. The van der Waals surface area contributed by atoms with Crippen LogP contribution in [0, 0.1) is 6.92 Å². The van der Waals surface area contributed by atoms with E-state index in [-0.39, 0.29) is 22.9 Å². The van der Waals surface area contributed by atoms with Crippen molar-refractivity contribution in [3.8, 4) is 5.69 Å². The molecule has 0 bridgehead atoms. The summed E-state index contributed by atoms with van der Waals surface area (Å²) in [7, 11) is 3.80. The smallest absolute Gasteiger partial charge is 0.314 e. The molecule has 0 aliphatic carbocycles. The lowest BCUT2D eigenvalue weighted by atomic mass is 9.92. The lowest BCUT2D eigenvalue weighted by molar-refractivity contribution is -0.116. The van der Waals surface area contributed by atoms with Gasteiger partial charge in [0, 0.05) is 24.6 Å². The number of para-hydroxylation sites is 1. The van der Waals surface area contributed by atoms with Crippen molar-refractivity contribution in [3.63, 3.8) is 0 Å². The lowest BCUT2D eigenvalue weighted by Crippen LogP contribution is -2.44. The minimum Gasteiger partial charge on any atom is -0.314 e. The van der Waals surface area contributed by atoms with E-state index in [1.807, 2.05) is 56.3 Å². The molecule has 0 unspecified atom stereocenters. The third kappa shape index (κ3) is 7.47. The summed E-state index contributed by atoms with van der Waals surface area (Å²) >= 11 is 12.3. The molecule has 2 aromatic carbocycles. The number of hydrogen-bond acceptors (Lipinski definition) is 4. The highest BCUT2D eigenvalue weighted by Gasteiger charge is 2.24. The number of nitrogens with zero attached hydrogens (tertiary/aromatic N) is 4. The predicted octanol–water partition coefficient (Wildman–Crippen LogP) is 5.82. The van der Waals surface area contributed by atoms with Crippen molar-refractivity contribution in [2.45, 2.75) is 33.1 Å². The molecule has 1 heterocycles. The number of aromatic nitrogens is 2. The van der Waals surface area contributed by atoms with E-state index >= 15 is 0 Å². The lowest BCUT2D eigenvalue weighted by Gasteiger charge is -2.24. The number of aryl methyl sites for hydroxylation is 1. The maximum atomic E-state index is 13.2. The SMILES string of the molecule is Cc1ccccc1-n1nc(C(C)(C)C)cc1NC(=O)CN(CCN(C)C)C(=O)Nc1cccc(Cl)c1Cl. The predicted molar refractivity (Wildman–Crippen MR) is 151 cm³/mol. The van der Waals surface area contributed by atoms with E-state index in [0.29, 0.717) is 29.6 Å². The Balaban J connectivity index is 1.85. The van der Waals surface area contributed by atoms with Crippen molar-refractivity contribution in [3.05, 3.63) is 69.8 Å². The second-order valence-corrected chi connectivity index (χ2v) is 11.0. The number of likely N-dealkylation sites (N-methyl/N-ethyl adjacent to an activating group) is 1. The molecule has 0 saturated carbocycles. The summed E-state index contributed by atoms with van der Waals surface area (Å²) in [5.41, 5.74) is 2.88. The van der Waals surface area contributed by atoms with E-state index in [2.05, 4.69) is 31.4 Å². The minimum absolute atomic E-state index is 0.165. The fourth-order valence-corrected chi connectivity index (χ4v) is 3.89. The van der Waals surface area contributed by atoms with Gasteiger partial charge in [0.2, 0.25) is 5.91 Å². The molecule has 0 spiro atoms. The van der Waals surface area contributed by atoms with Crippen molar-refractivity contribution < 1.29 is 9.59 Å². The first kappa shape index (κ1) is 28.5. The average molecular weight is 546 g/mol. The van der Waals surface area contributed by atoms with Crippen LogP contribution in [0.4, 0.5) is 16.3 Å². The highest BCUT2D eigenvalue weighted by molar-refractivity contribution is 6.43. The van der Waals surface area contributed by atoms with Crippen molar-refractivity contribution in [1.82, 2.24) is 19.6 Å². The number of rotatable bonds is 8. The maximum absolute atomic E-state index is 13.2. The molecule has 0 aliphatic heterocycles. The summed E-state index contributed by atoms with van der Waals surface area (Å²) in [6.45, 7) is 8.93. The molecule has 3 amide bonds. The fourth-order valence-electron chi connectivity index (χ4n) is 3.54. The zero-order valence-corrected chi connectivity index (χ0v) is 23.6. The molecule has 0 aliphatic rings. The molecule has 1 aromatic heterocycles. The Labute approximate surface area is 228 Å². The molecule has 198 valence electrons. The molecule has 0 atom stereocenters. The van der Waals surface area contributed by atoms with Gasteiger partial charge >= 0.3 is 6.03 Å². The van der Waals surface area contributed by atoms with Crippen LogP contribution in [-0.4, -0.2) is 65.2 Å². The van der Waals surface area contributed by atoms with Gasteiger partial charge in [-0.2, -0.15) is 5.10 Å². The molecule has 2 N–H and O–H groups in total. The van der Waals surface area contributed by atoms with E-state index in [1.165, 1.54) is 4.90 Å². The number of urea groups is 1. The first-order valence-corrected chi connectivity index (χ1v) is 12.7. The number of hydrogen-bond donors (Lipinski definition) is 2. The van der Waals surface area contributed by atoms with Crippen LogP contribution >= 0.6 is 23.2 Å². The number of halogens is 2.